The van der Waals surface area contributed by atoms with Gasteiger partial charge in [-0.3, -0.25) is 49.1 Å². The molecule has 2 aliphatic carbocycles. The Labute approximate surface area is 626 Å². The van der Waals surface area contributed by atoms with Crippen molar-refractivity contribution in [2.24, 2.45) is 35.5 Å². The zero-order chi connectivity index (χ0) is 74.8. The lowest BCUT2D eigenvalue weighted by Crippen LogP contribution is -2.40. The van der Waals surface area contributed by atoms with Crippen molar-refractivity contribution in [1.82, 2.24) is 29.9 Å². The number of aromatic nitrogens is 6. The van der Waals surface area contributed by atoms with Crippen LogP contribution in [0.2, 0.25) is 0 Å². The second kappa shape index (κ2) is 33.0. The molecule has 0 bridgehead atoms. The SMILES string of the molecule is Cc1ccnc(-c2ccc(OC(=O)C3CC(C(=O)Oc4ccc(-c5cc(C)ccn5)cc4)CC(C(O)Oc4ccc(-c5cc(Cc6cnc(-c7ccc(OC(=O)C8CC(C(=O)Oc9ccc(-c%10ncccc%10C)cc9)CC(C(O)Oc9ccc(-c%10ncccc%10C)cc9)C8)cc7)c(C)c6)ccn5)cc4)C3)cc2)c1. The first-order valence-corrected chi connectivity index (χ1v) is 36.2. The fourth-order valence-electron chi connectivity index (χ4n) is 14.3. The monoisotopic (exact) mass is 1440 g/mol. The maximum atomic E-state index is 14.2. The van der Waals surface area contributed by atoms with E-state index in [-0.39, 0.29) is 38.5 Å². The lowest BCUT2D eigenvalue weighted by Gasteiger charge is -2.34. The van der Waals surface area contributed by atoms with Gasteiger partial charge < -0.3 is 38.6 Å². The Morgan fingerprint density at radius 3 is 1.00 bits per heavy atom. The van der Waals surface area contributed by atoms with Crippen molar-refractivity contribution in [3.05, 3.63) is 288 Å². The Hall–Kier alpha value is -12.4. The Morgan fingerprint density at radius 2 is 0.657 bits per heavy atom. The largest absolute Gasteiger partial charge is 0.465 e. The third-order valence-corrected chi connectivity index (χ3v) is 20.1. The van der Waals surface area contributed by atoms with Gasteiger partial charge in [-0.25, -0.2) is 0 Å². The molecule has 6 heterocycles. The lowest BCUT2D eigenvalue weighted by atomic mass is 9.74. The van der Waals surface area contributed by atoms with Crippen molar-refractivity contribution >= 4 is 23.9 Å². The maximum Gasteiger partial charge on any atom is 0.314 e. The van der Waals surface area contributed by atoms with Gasteiger partial charge in [-0.15, -0.1) is 0 Å². The minimum absolute atomic E-state index is 0.141. The summed E-state index contributed by atoms with van der Waals surface area (Å²) in [6, 6.07) is 64.7. The first-order chi connectivity index (χ1) is 52.4. The highest BCUT2D eigenvalue weighted by atomic mass is 16.6. The highest BCUT2D eigenvalue weighted by Crippen LogP contribution is 2.42. The number of carbonyl (C=O) groups is 4. The second-order valence-corrected chi connectivity index (χ2v) is 28.1. The number of hydrogen-bond acceptors (Lipinski definition) is 18. The topological polar surface area (TPSA) is 241 Å². The Kier molecular flexibility index (Phi) is 22.1. The summed E-state index contributed by atoms with van der Waals surface area (Å²) in [5, 5.41) is 23.5. The van der Waals surface area contributed by atoms with E-state index in [4.69, 9.17) is 38.4 Å². The molecule has 12 aromatic rings. The lowest BCUT2D eigenvalue weighted by molar-refractivity contribution is -0.153. The molecule has 0 radical (unpaired) electrons. The third-order valence-electron chi connectivity index (χ3n) is 20.1. The van der Waals surface area contributed by atoms with Crippen molar-refractivity contribution in [1.29, 1.82) is 0 Å². The Balaban J connectivity index is 0.603. The predicted molar refractivity (Wildman–Crippen MR) is 409 cm³/mol. The van der Waals surface area contributed by atoms with Crippen molar-refractivity contribution < 1.29 is 57.8 Å². The third kappa shape index (κ3) is 17.8. The van der Waals surface area contributed by atoms with Crippen LogP contribution in [-0.4, -0.2) is 76.6 Å². The van der Waals surface area contributed by atoms with Crippen LogP contribution in [-0.2, 0) is 25.6 Å². The van der Waals surface area contributed by atoms with Crippen molar-refractivity contribution in [3.63, 3.8) is 0 Å². The van der Waals surface area contributed by atoms with Gasteiger partial charge in [0.05, 0.1) is 57.8 Å². The number of esters is 4. The van der Waals surface area contributed by atoms with Gasteiger partial charge in [0.15, 0.2) is 12.6 Å². The van der Waals surface area contributed by atoms with E-state index in [0.29, 0.717) is 40.9 Å². The zero-order valence-corrected chi connectivity index (χ0v) is 60.4. The molecule has 0 aliphatic heterocycles. The molecule has 6 aromatic heterocycles. The molecule has 2 aliphatic rings. The van der Waals surface area contributed by atoms with Crippen LogP contribution in [0.15, 0.2) is 250 Å². The number of rotatable bonds is 22. The smallest absolute Gasteiger partial charge is 0.314 e. The normalized spacial score (nSPS) is 17.5. The second-order valence-electron chi connectivity index (χ2n) is 28.1. The molecule has 2 saturated carbocycles. The highest BCUT2D eigenvalue weighted by molar-refractivity contribution is 5.81. The average Bonchev–Trinajstić information content (AvgIpc) is 0.818. The summed E-state index contributed by atoms with van der Waals surface area (Å²) in [5.74, 6) is -4.36. The van der Waals surface area contributed by atoms with Crippen LogP contribution < -0.4 is 28.4 Å². The summed E-state index contributed by atoms with van der Waals surface area (Å²) < 4.78 is 36.2. The minimum Gasteiger partial charge on any atom is -0.465 e. The quantitative estimate of drug-likeness (QED) is 0.0364. The Bertz CT molecular complexity index is 5080. The van der Waals surface area contributed by atoms with Crippen LogP contribution in [0.25, 0.3) is 67.5 Å². The average molecular weight is 1440 g/mol. The molecular weight excluding hydrogens is 1360 g/mol. The molecule has 108 heavy (non-hydrogen) atoms. The van der Waals surface area contributed by atoms with E-state index in [1.165, 1.54) is 0 Å². The molecule has 2 N–H and O–H groups in total. The number of aryl methyl sites for hydroxylation is 5. The fourth-order valence-corrected chi connectivity index (χ4v) is 14.3. The number of nitrogens with zero attached hydrogens (tertiary/aromatic N) is 6. The van der Waals surface area contributed by atoms with Gasteiger partial charge in [-0.2, -0.15) is 0 Å². The van der Waals surface area contributed by atoms with E-state index < -0.39 is 72.0 Å². The van der Waals surface area contributed by atoms with Gasteiger partial charge >= 0.3 is 23.9 Å². The standard InChI is InChI=1S/C90H80N6O12/c1-54-34-39-91-79(42-54)61-10-22-73(23-11-61)103-85(97)67-47-68(86(98)104-74-24-12-62(13-25-74)80-43-55(2)35-40-92-80)49-69(48-67)87(99)105-75-26-14-63(15-27-75)81-46-59(36-41-93-81)45-60-44-58(5)84(96-53-60)66-20-32-78(33-21-66)108-90(102)72-51-70(88(100)106-76-28-16-64(17-29-76)82-56(3)8-6-37-94-82)50-71(52-72)89(101)107-77-30-18-65(19-31-77)83-57(4)9-7-38-95-83/h6-44,46,53,67-72,87-88,99-100H,45,47-52H2,1-5H3. The molecule has 18 heteroatoms. The molecule has 14 rings (SSSR count). The van der Waals surface area contributed by atoms with Gasteiger partial charge in [0.25, 0.3) is 0 Å². The number of aliphatic hydroxyl groups excluding tert-OH is 2. The van der Waals surface area contributed by atoms with Gasteiger partial charge in [0.1, 0.15) is 34.5 Å². The molecule has 7 atom stereocenters. The van der Waals surface area contributed by atoms with Gasteiger partial charge in [-0.05, 0) is 313 Å². The van der Waals surface area contributed by atoms with E-state index in [9.17, 15) is 29.4 Å². The van der Waals surface area contributed by atoms with Crippen LogP contribution in [0.5, 0.6) is 34.5 Å². The number of hydrogen-bond donors (Lipinski definition) is 2. The molecule has 6 aromatic carbocycles. The van der Waals surface area contributed by atoms with Crippen LogP contribution in [0, 0.1) is 70.1 Å². The van der Waals surface area contributed by atoms with Crippen molar-refractivity contribution in [3.8, 4) is 102 Å². The van der Waals surface area contributed by atoms with E-state index >= 15 is 0 Å². The molecule has 542 valence electrons. The summed E-state index contributed by atoms with van der Waals surface area (Å²) in [6.07, 6.45) is 9.49. The summed E-state index contributed by atoms with van der Waals surface area (Å²) in [5.41, 5.74) is 16.9. The number of benzene rings is 6. The van der Waals surface area contributed by atoms with Crippen molar-refractivity contribution in [2.45, 2.75) is 92.1 Å². The van der Waals surface area contributed by atoms with E-state index in [0.717, 1.165) is 106 Å². The summed E-state index contributed by atoms with van der Waals surface area (Å²) in [4.78, 5) is 84.0. The summed E-state index contributed by atoms with van der Waals surface area (Å²) in [6.45, 7) is 9.96. The van der Waals surface area contributed by atoms with Gasteiger partial charge in [0, 0.05) is 82.4 Å². The fraction of sp³-hybridized carbons (Fsp3) is 0.222. The van der Waals surface area contributed by atoms with Crippen LogP contribution in [0.1, 0.15) is 77.5 Å². The minimum atomic E-state index is -1.39. The van der Waals surface area contributed by atoms with E-state index in [1.54, 1.807) is 104 Å². The van der Waals surface area contributed by atoms with Crippen molar-refractivity contribution in [2.75, 3.05) is 0 Å². The van der Waals surface area contributed by atoms with Gasteiger partial charge in [-0.1, -0.05) is 18.2 Å². The zero-order valence-electron chi connectivity index (χ0n) is 60.4. The maximum absolute atomic E-state index is 14.2. The van der Waals surface area contributed by atoms with Crippen LogP contribution >= 0.6 is 0 Å². The predicted octanol–water partition coefficient (Wildman–Crippen LogP) is 17.1. The number of carbonyl (C=O) groups excluding carboxylic acids is 4. The molecule has 0 spiro atoms. The summed E-state index contributed by atoms with van der Waals surface area (Å²) >= 11 is 0. The van der Waals surface area contributed by atoms with E-state index in [1.807, 2.05) is 174 Å². The van der Waals surface area contributed by atoms with E-state index in [2.05, 4.69) is 26.0 Å². The van der Waals surface area contributed by atoms with Gasteiger partial charge in [0.2, 0.25) is 0 Å². The first kappa shape index (κ1) is 72.6. The number of pyridine rings is 6. The summed E-state index contributed by atoms with van der Waals surface area (Å²) in [7, 11) is 0. The number of ether oxygens (including phenoxy) is 6. The molecule has 7 unspecified atom stereocenters. The molecule has 2 fully saturated rings. The molecular formula is C90H80N6O12. The molecule has 0 saturated heterocycles. The molecule has 18 nitrogen and oxygen atoms in total. The molecule has 0 amide bonds. The highest BCUT2D eigenvalue weighted by Gasteiger charge is 2.43. The Morgan fingerprint density at radius 1 is 0.333 bits per heavy atom. The number of aliphatic hydroxyl groups is 2. The van der Waals surface area contributed by atoms with Crippen LogP contribution in [0.4, 0.5) is 0 Å². The van der Waals surface area contributed by atoms with Crippen LogP contribution in [0.3, 0.4) is 0 Å². The first-order valence-electron chi connectivity index (χ1n) is 36.2.